The van der Waals surface area contributed by atoms with E-state index >= 15 is 0 Å². The van der Waals surface area contributed by atoms with Crippen LogP contribution in [0.5, 0.6) is 5.75 Å². The topological polar surface area (TPSA) is 43.4 Å². The van der Waals surface area contributed by atoms with Gasteiger partial charge in [-0.2, -0.15) is 0 Å². The third kappa shape index (κ3) is 6.39. The number of Topliss-reactive ketones (excluding diaryl/α,β-unsaturated/α-hetero) is 2. The number of hydrogen-bond acceptors (Lipinski definition) is 3. The van der Waals surface area contributed by atoms with Gasteiger partial charge in [0.15, 0.2) is 0 Å². The van der Waals surface area contributed by atoms with Gasteiger partial charge in [-0.25, -0.2) is 0 Å². The molecule has 0 spiro atoms. The van der Waals surface area contributed by atoms with E-state index in [1.807, 2.05) is 32.0 Å². The monoisotopic (exact) mass is 316 g/mol. The first kappa shape index (κ1) is 19.1. The summed E-state index contributed by atoms with van der Waals surface area (Å²) in [4.78, 5) is 23.7. The molecule has 0 saturated carbocycles. The zero-order valence-electron chi connectivity index (χ0n) is 14.5. The molecule has 0 saturated heterocycles. The van der Waals surface area contributed by atoms with E-state index in [2.05, 4.69) is 18.2 Å². The summed E-state index contributed by atoms with van der Waals surface area (Å²) in [5, 5.41) is 0. The summed E-state index contributed by atoms with van der Waals surface area (Å²) >= 11 is 0. The van der Waals surface area contributed by atoms with Crippen LogP contribution in [0.2, 0.25) is 0 Å². The molecule has 1 aromatic carbocycles. The number of rotatable bonds is 11. The second-order valence-electron chi connectivity index (χ2n) is 5.59. The van der Waals surface area contributed by atoms with Crippen LogP contribution in [-0.4, -0.2) is 18.7 Å². The van der Waals surface area contributed by atoms with E-state index in [4.69, 9.17) is 4.74 Å². The smallest absolute Gasteiger partial charge is 0.143 e. The predicted molar refractivity (Wildman–Crippen MR) is 93.8 cm³/mol. The number of aryl methyl sites for hydroxylation is 1. The fourth-order valence-corrected chi connectivity index (χ4v) is 2.64. The average molecular weight is 316 g/mol. The zero-order valence-corrected chi connectivity index (χ0v) is 14.5. The molecule has 1 rings (SSSR count). The molecule has 0 bridgehead atoms. The third-order valence-electron chi connectivity index (χ3n) is 4.04. The Kier molecular flexibility index (Phi) is 8.96. The van der Waals surface area contributed by atoms with E-state index in [-0.39, 0.29) is 11.6 Å². The zero-order chi connectivity index (χ0) is 17.1. The van der Waals surface area contributed by atoms with E-state index in [0.29, 0.717) is 19.3 Å². The number of para-hydroxylation sites is 1. The fourth-order valence-electron chi connectivity index (χ4n) is 2.64. The maximum atomic E-state index is 11.8. The minimum atomic E-state index is -0.413. The van der Waals surface area contributed by atoms with Gasteiger partial charge in [0.05, 0.1) is 13.0 Å². The van der Waals surface area contributed by atoms with Crippen molar-refractivity contribution in [3.63, 3.8) is 0 Å². The Morgan fingerprint density at radius 3 is 2.26 bits per heavy atom. The Balaban J connectivity index is 2.41. The van der Waals surface area contributed by atoms with Gasteiger partial charge in [0.25, 0.3) is 0 Å². The highest BCUT2D eigenvalue weighted by Gasteiger charge is 2.22. The lowest BCUT2D eigenvalue weighted by Gasteiger charge is -2.11. The van der Waals surface area contributed by atoms with Gasteiger partial charge in [0, 0.05) is 12.8 Å². The molecule has 23 heavy (non-hydrogen) atoms. The summed E-state index contributed by atoms with van der Waals surface area (Å²) in [5.41, 5.74) is 1.19. The standard InChI is InChI=1S/C20H28O3/c1-4-18(21)17(19(22)5-2)14-9-7-6-8-12-16-13-10-11-15-20(16)23-3/h6-7,10-11,13,15,17H,4-5,8-9,12,14H2,1-3H3/b7-6+. The summed E-state index contributed by atoms with van der Waals surface area (Å²) < 4.78 is 5.33. The first-order valence-electron chi connectivity index (χ1n) is 8.46. The molecule has 0 aliphatic rings. The number of ether oxygens (including phenoxy) is 1. The second kappa shape index (κ2) is 10.8. The molecule has 0 atom stereocenters. The van der Waals surface area contributed by atoms with Crippen molar-refractivity contribution in [2.24, 2.45) is 5.92 Å². The Hall–Kier alpha value is -1.90. The number of allylic oxidation sites excluding steroid dienone is 2. The Labute approximate surface area is 139 Å². The van der Waals surface area contributed by atoms with Crippen LogP contribution in [0.15, 0.2) is 36.4 Å². The van der Waals surface area contributed by atoms with Gasteiger partial charge < -0.3 is 4.74 Å². The van der Waals surface area contributed by atoms with Crippen LogP contribution in [-0.2, 0) is 16.0 Å². The van der Waals surface area contributed by atoms with E-state index in [0.717, 1.165) is 25.0 Å². The lowest BCUT2D eigenvalue weighted by atomic mass is 9.91. The second-order valence-corrected chi connectivity index (χ2v) is 5.59. The van der Waals surface area contributed by atoms with Gasteiger partial charge in [0.2, 0.25) is 0 Å². The van der Waals surface area contributed by atoms with Gasteiger partial charge in [-0.3, -0.25) is 9.59 Å². The highest BCUT2D eigenvalue weighted by atomic mass is 16.5. The van der Waals surface area contributed by atoms with E-state index in [1.54, 1.807) is 7.11 Å². The molecule has 0 aliphatic heterocycles. The first-order valence-corrected chi connectivity index (χ1v) is 8.46. The van der Waals surface area contributed by atoms with Crippen LogP contribution in [0.3, 0.4) is 0 Å². The Bertz CT molecular complexity index is 515. The van der Waals surface area contributed by atoms with Crippen LogP contribution < -0.4 is 4.74 Å². The van der Waals surface area contributed by atoms with E-state index < -0.39 is 5.92 Å². The number of benzene rings is 1. The van der Waals surface area contributed by atoms with E-state index in [1.165, 1.54) is 5.56 Å². The summed E-state index contributed by atoms with van der Waals surface area (Å²) in [6.45, 7) is 3.64. The van der Waals surface area contributed by atoms with Crippen molar-refractivity contribution < 1.29 is 14.3 Å². The fraction of sp³-hybridized carbons (Fsp3) is 0.500. The van der Waals surface area contributed by atoms with Crippen molar-refractivity contribution in [2.45, 2.75) is 52.4 Å². The third-order valence-corrected chi connectivity index (χ3v) is 4.04. The highest BCUT2D eigenvalue weighted by Crippen LogP contribution is 2.19. The molecular formula is C20H28O3. The number of methoxy groups -OCH3 is 1. The molecule has 0 fully saturated rings. The number of carbonyl (C=O) groups excluding carboxylic acids is 2. The molecule has 0 N–H and O–H groups in total. The van der Waals surface area contributed by atoms with Gasteiger partial charge in [-0.05, 0) is 37.3 Å². The summed E-state index contributed by atoms with van der Waals surface area (Å²) in [7, 11) is 1.68. The maximum Gasteiger partial charge on any atom is 0.143 e. The lowest BCUT2D eigenvalue weighted by molar-refractivity contribution is -0.132. The molecule has 3 heteroatoms. The quantitative estimate of drug-likeness (QED) is 0.445. The number of hydrogen-bond donors (Lipinski definition) is 0. The lowest BCUT2D eigenvalue weighted by Crippen LogP contribution is -2.22. The van der Waals surface area contributed by atoms with Crippen molar-refractivity contribution in [3.8, 4) is 5.75 Å². The van der Waals surface area contributed by atoms with Crippen LogP contribution in [0.1, 0.15) is 51.5 Å². The molecule has 0 aliphatic carbocycles. The highest BCUT2D eigenvalue weighted by molar-refractivity contribution is 6.02. The van der Waals surface area contributed by atoms with Crippen molar-refractivity contribution >= 4 is 11.6 Å². The summed E-state index contributed by atoms with van der Waals surface area (Å²) in [6, 6.07) is 8.02. The van der Waals surface area contributed by atoms with Gasteiger partial charge in [0.1, 0.15) is 17.3 Å². The van der Waals surface area contributed by atoms with Crippen molar-refractivity contribution in [1.29, 1.82) is 0 Å². The SMILES string of the molecule is CCC(=O)C(CC/C=C/CCc1ccccc1OC)C(=O)CC. The number of carbonyl (C=O) groups is 2. The Morgan fingerprint density at radius 2 is 1.65 bits per heavy atom. The van der Waals surface area contributed by atoms with Crippen LogP contribution in [0.25, 0.3) is 0 Å². The van der Waals surface area contributed by atoms with Gasteiger partial charge >= 0.3 is 0 Å². The van der Waals surface area contributed by atoms with E-state index in [9.17, 15) is 9.59 Å². The minimum absolute atomic E-state index is 0.0688. The van der Waals surface area contributed by atoms with Gasteiger partial charge in [-0.15, -0.1) is 0 Å². The van der Waals surface area contributed by atoms with Crippen molar-refractivity contribution in [1.82, 2.24) is 0 Å². The maximum absolute atomic E-state index is 11.8. The Morgan fingerprint density at radius 1 is 1.04 bits per heavy atom. The molecule has 0 radical (unpaired) electrons. The number of ketones is 2. The largest absolute Gasteiger partial charge is 0.496 e. The molecule has 0 heterocycles. The molecule has 0 amide bonds. The van der Waals surface area contributed by atoms with Crippen molar-refractivity contribution in [2.75, 3.05) is 7.11 Å². The average Bonchev–Trinajstić information content (AvgIpc) is 2.60. The molecule has 0 aromatic heterocycles. The van der Waals surface area contributed by atoms with Crippen LogP contribution >= 0.6 is 0 Å². The summed E-state index contributed by atoms with van der Waals surface area (Å²) in [5.74, 6) is 0.644. The molecule has 126 valence electrons. The first-order chi connectivity index (χ1) is 11.1. The van der Waals surface area contributed by atoms with Gasteiger partial charge in [-0.1, -0.05) is 44.2 Å². The normalized spacial score (nSPS) is 11.1. The van der Waals surface area contributed by atoms with Crippen molar-refractivity contribution in [3.05, 3.63) is 42.0 Å². The molecular weight excluding hydrogens is 288 g/mol. The van der Waals surface area contributed by atoms with Crippen LogP contribution in [0, 0.1) is 5.92 Å². The molecule has 0 unspecified atom stereocenters. The minimum Gasteiger partial charge on any atom is -0.496 e. The predicted octanol–water partition coefficient (Wildman–Crippen LogP) is 4.54. The molecule has 3 nitrogen and oxygen atoms in total. The molecule has 1 aromatic rings. The van der Waals surface area contributed by atoms with Crippen LogP contribution in [0.4, 0.5) is 0 Å². The summed E-state index contributed by atoms with van der Waals surface area (Å²) in [6.07, 6.45) is 8.32.